The Morgan fingerprint density at radius 2 is 1.94 bits per heavy atom. The van der Waals surface area contributed by atoms with Gasteiger partial charge in [-0.3, -0.25) is 0 Å². The molecule has 0 spiro atoms. The van der Waals surface area contributed by atoms with Crippen molar-refractivity contribution in [2.75, 3.05) is 6.61 Å². The largest absolute Gasteiger partial charge is 0.494 e. The maximum absolute atomic E-state index is 12.4. The number of halogens is 3. The monoisotopic (exact) mass is 248 g/mol. The van der Waals surface area contributed by atoms with Crippen LogP contribution in [-0.4, -0.2) is 23.8 Å². The molecule has 0 bridgehead atoms. The van der Waals surface area contributed by atoms with Crippen molar-refractivity contribution < 1.29 is 28.0 Å². The minimum absolute atomic E-state index is 0.0774. The lowest BCUT2D eigenvalue weighted by molar-refractivity contribution is -0.137. The lowest BCUT2D eigenvalue weighted by Crippen LogP contribution is -2.32. The second kappa shape index (κ2) is 5.42. The maximum Gasteiger partial charge on any atom is 0.492 e. The third kappa shape index (κ3) is 3.64. The second-order valence-corrected chi connectivity index (χ2v) is 3.47. The highest BCUT2D eigenvalue weighted by atomic mass is 19.4. The van der Waals surface area contributed by atoms with Crippen molar-refractivity contribution in [1.29, 1.82) is 0 Å². The van der Waals surface area contributed by atoms with Crippen molar-refractivity contribution in [1.82, 2.24) is 0 Å². The summed E-state index contributed by atoms with van der Waals surface area (Å²) in [5, 5.41) is 18.0. The molecule has 0 amide bonds. The molecule has 0 fully saturated rings. The zero-order valence-electron chi connectivity index (χ0n) is 9.16. The van der Waals surface area contributed by atoms with E-state index in [4.69, 9.17) is 14.8 Å². The molecule has 0 aliphatic rings. The molecule has 0 atom stereocenters. The maximum atomic E-state index is 12.4. The van der Waals surface area contributed by atoms with E-state index in [0.29, 0.717) is 6.42 Å². The summed E-state index contributed by atoms with van der Waals surface area (Å²) in [6.45, 7) is 2.00. The van der Waals surface area contributed by atoms with Crippen LogP contribution in [0.3, 0.4) is 0 Å². The summed E-state index contributed by atoms with van der Waals surface area (Å²) in [4.78, 5) is 0. The van der Waals surface area contributed by atoms with Crippen LogP contribution in [0.2, 0.25) is 0 Å². The third-order valence-corrected chi connectivity index (χ3v) is 2.08. The Morgan fingerprint density at radius 1 is 1.29 bits per heavy atom. The molecule has 94 valence electrons. The Balaban J connectivity index is 3.10. The normalized spacial score (nSPS) is 11.4. The van der Waals surface area contributed by atoms with Crippen LogP contribution in [0.1, 0.15) is 18.9 Å². The highest BCUT2D eigenvalue weighted by Gasteiger charge is 2.32. The van der Waals surface area contributed by atoms with Gasteiger partial charge in [-0.05, 0) is 12.5 Å². The van der Waals surface area contributed by atoms with Crippen molar-refractivity contribution in [2.45, 2.75) is 19.5 Å². The van der Waals surface area contributed by atoms with Crippen molar-refractivity contribution in [3.8, 4) is 5.75 Å². The molecule has 0 radical (unpaired) electrons. The molecular formula is C10H12BF3O3. The Hall–Kier alpha value is -1.21. The van der Waals surface area contributed by atoms with Gasteiger partial charge in [0.15, 0.2) is 0 Å². The molecule has 0 aromatic heterocycles. The molecular weight excluding hydrogens is 236 g/mol. The number of hydrogen-bond donors (Lipinski definition) is 2. The smallest absolute Gasteiger partial charge is 0.492 e. The molecule has 3 nitrogen and oxygen atoms in total. The molecule has 1 aromatic carbocycles. The third-order valence-electron chi connectivity index (χ3n) is 2.08. The molecule has 0 heterocycles. The van der Waals surface area contributed by atoms with Gasteiger partial charge in [-0.1, -0.05) is 19.1 Å². The Bertz CT molecular complexity index is 380. The molecule has 17 heavy (non-hydrogen) atoms. The van der Waals surface area contributed by atoms with Crippen molar-refractivity contribution in [2.24, 2.45) is 0 Å². The van der Waals surface area contributed by atoms with Crippen LogP contribution in [0, 0.1) is 0 Å². The SMILES string of the molecule is CCCOc1cc(C(F)(F)F)ccc1B(O)O. The van der Waals surface area contributed by atoms with Gasteiger partial charge in [-0.25, -0.2) is 0 Å². The van der Waals surface area contributed by atoms with Crippen LogP contribution in [0.25, 0.3) is 0 Å². The molecule has 0 saturated heterocycles. The molecule has 1 aromatic rings. The van der Waals surface area contributed by atoms with Gasteiger partial charge in [0.25, 0.3) is 0 Å². The predicted molar refractivity (Wildman–Crippen MR) is 57.1 cm³/mol. The Kier molecular flexibility index (Phi) is 4.42. The van der Waals surface area contributed by atoms with Gasteiger partial charge in [-0.2, -0.15) is 13.2 Å². The van der Waals surface area contributed by atoms with Gasteiger partial charge in [0.1, 0.15) is 5.75 Å². The van der Waals surface area contributed by atoms with E-state index >= 15 is 0 Å². The van der Waals surface area contributed by atoms with E-state index in [1.807, 2.05) is 0 Å². The standard InChI is InChI=1S/C10H12BF3O3/c1-2-5-17-9-6-7(10(12,13)14)3-4-8(9)11(15)16/h3-4,6,15-16H,2,5H2,1H3. The Morgan fingerprint density at radius 3 is 2.41 bits per heavy atom. The van der Waals surface area contributed by atoms with Crippen LogP contribution in [-0.2, 0) is 6.18 Å². The fourth-order valence-corrected chi connectivity index (χ4v) is 1.26. The first-order chi connectivity index (χ1) is 7.86. The highest BCUT2D eigenvalue weighted by Crippen LogP contribution is 2.30. The van der Waals surface area contributed by atoms with Gasteiger partial charge in [0.2, 0.25) is 0 Å². The lowest BCUT2D eigenvalue weighted by atomic mass is 9.79. The molecule has 7 heteroatoms. The van der Waals surface area contributed by atoms with Crippen molar-refractivity contribution in [3.63, 3.8) is 0 Å². The summed E-state index contributed by atoms with van der Waals surface area (Å²) in [6.07, 6.45) is -3.87. The number of hydrogen-bond acceptors (Lipinski definition) is 3. The minimum Gasteiger partial charge on any atom is -0.494 e. The van der Waals surface area contributed by atoms with E-state index in [1.54, 1.807) is 6.92 Å². The van der Waals surface area contributed by atoms with E-state index in [0.717, 1.165) is 18.2 Å². The first kappa shape index (κ1) is 13.9. The summed E-state index contributed by atoms with van der Waals surface area (Å²) < 4.78 is 42.4. The van der Waals surface area contributed by atoms with Crippen LogP contribution in [0.5, 0.6) is 5.75 Å². The summed E-state index contributed by atoms with van der Waals surface area (Å²) >= 11 is 0. The number of rotatable bonds is 4. The first-order valence-electron chi connectivity index (χ1n) is 5.06. The van der Waals surface area contributed by atoms with Crippen LogP contribution in [0.15, 0.2) is 18.2 Å². The van der Waals surface area contributed by atoms with E-state index in [2.05, 4.69) is 0 Å². The summed E-state index contributed by atoms with van der Waals surface area (Å²) in [5.41, 5.74) is -0.959. The molecule has 0 unspecified atom stereocenters. The van der Waals surface area contributed by atoms with Crippen molar-refractivity contribution >= 4 is 12.6 Å². The number of ether oxygens (including phenoxy) is 1. The van der Waals surface area contributed by atoms with E-state index < -0.39 is 18.9 Å². The fourth-order valence-electron chi connectivity index (χ4n) is 1.26. The number of alkyl halides is 3. The Labute approximate surface area is 97.0 Å². The topological polar surface area (TPSA) is 49.7 Å². The van der Waals surface area contributed by atoms with Gasteiger partial charge in [-0.15, -0.1) is 0 Å². The van der Waals surface area contributed by atoms with Gasteiger partial charge >= 0.3 is 13.3 Å². The van der Waals surface area contributed by atoms with Crippen molar-refractivity contribution in [3.05, 3.63) is 23.8 Å². The first-order valence-corrected chi connectivity index (χ1v) is 5.06. The minimum atomic E-state index is -4.48. The highest BCUT2D eigenvalue weighted by molar-refractivity contribution is 6.59. The quantitative estimate of drug-likeness (QED) is 0.786. The van der Waals surface area contributed by atoms with E-state index in [9.17, 15) is 13.2 Å². The van der Waals surface area contributed by atoms with Gasteiger partial charge < -0.3 is 14.8 Å². The lowest BCUT2D eigenvalue weighted by Gasteiger charge is -2.13. The van der Waals surface area contributed by atoms with E-state index in [1.165, 1.54) is 0 Å². The summed E-state index contributed by atoms with van der Waals surface area (Å²) in [5.74, 6) is -0.156. The summed E-state index contributed by atoms with van der Waals surface area (Å²) in [7, 11) is -1.86. The fraction of sp³-hybridized carbons (Fsp3) is 0.400. The average Bonchev–Trinajstić information content (AvgIpc) is 2.24. The number of benzene rings is 1. The molecule has 0 aliphatic heterocycles. The van der Waals surface area contributed by atoms with Crippen LogP contribution in [0.4, 0.5) is 13.2 Å². The zero-order chi connectivity index (χ0) is 13.1. The molecule has 0 saturated carbocycles. The van der Waals surface area contributed by atoms with Gasteiger partial charge in [0, 0.05) is 5.46 Å². The molecule has 1 rings (SSSR count). The summed E-state index contributed by atoms with van der Waals surface area (Å²) in [6, 6.07) is 2.55. The second-order valence-electron chi connectivity index (χ2n) is 3.47. The molecule has 2 N–H and O–H groups in total. The van der Waals surface area contributed by atoms with E-state index in [-0.39, 0.29) is 17.8 Å². The average molecular weight is 248 g/mol. The molecule has 0 aliphatic carbocycles. The van der Waals surface area contributed by atoms with Crippen LogP contribution < -0.4 is 10.2 Å². The zero-order valence-corrected chi connectivity index (χ0v) is 9.16. The van der Waals surface area contributed by atoms with Gasteiger partial charge in [0.05, 0.1) is 12.2 Å². The predicted octanol–water partition coefficient (Wildman–Crippen LogP) is 1.17. The van der Waals surface area contributed by atoms with Crippen LogP contribution >= 0.6 is 0 Å².